The van der Waals surface area contributed by atoms with Gasteiger partial charge in [0.1, 0.15) is 5.82 Å². The molecule has 0 aliphatic heterocycles. The molecule has 2 amide bonds. The Morgan fingerprint density at radius 1 is 1.06 bits per heavy atom. The molecule has 0 atom stereocenters. The van der Waals surface area contributed by atoms with Crippen LogP contribution in [0.5, 0.6) is 5.75 Å². The highest BCUT2D eigenvalue weighted by Crippen LogP contribution is 2.31. The average molecular weight is 475 g/mol. The third-order valence-electron chi connectivity index (χ3n) is 5.50. The monoisotopic (exact) mass is 475 g/mol. The van der Waals surface area contributed by atoms with Crippen molar-refractivity contribution in [1.29, 1.82) is 0 Å². The molecule has 10 heteroatoms. The standard InChI is InChI=1S/C25H22FN5O4/c1-14-9-16(24(32)31(2)17-6-7-20(26)21(11-17)34-3)10-18-19(13-28-30-23(14)18)15-5-8-22(27-12-15)29-25(33)35-4/h5-13H,1-4H3,(H,27,29,33). The van der Waals surface area contributed by atoms with Crippen molar-refractivity contribution in [3.05, 3.63) is 71.8 Å². The van der Waals surface area contributed by atoms with E-state index in [1.54, 1.807) is 43.7 Å². The summed E-state index contributed by atoms with van der Waals surface area (Å²) in [5.74, 6) is -0.423. The van der Waals surface area contributed by atoms with E-state index in [0.717, 1.165) is 16.7 Å². The SMILES string of the molecule is COC(=O)Nc1ccc(-c2cnnc3c(C)cc(C(=O)N(C)c4ccc(F)c(OC)c4)cc23)cn1. The second-order valence-electron chi connectivity index (χ2n) is 7.68. The van der Waals surface area contributed by atoms with Crippen LogP contribution in [0.25, 0.3) is 22.0 Å². The van der Waals surface area contributed by atoms with Crippen LogP contribution in [0.15, 0.2) is 54.9 Å². The van der Waals surface area contributed by atoms with Gasteiger partial charge in [-0.15, -0.1) is 0 Å². The van der Waals surface area contributed by atoms with Crippen LogP contribution in [-0.2, 0) is 4.74 Å². The number of benzene rings is 2. The van der Waals surface area contributed by atoms with Crippen molar-refractivity contribution >= 4 is 34.4 Å². The summed E-state index contributed by atoms with van der Waals surface area (Å²) >= 11 is 0. The van der Waals surface area contributed by atoms with Gasteiger partial charge in [-0.3, -0.25) is 10.1 Å². The Balaban J connectivity index is 1.73. The van der Waals surface area contributed by atoms with Crippen molar-refractivity contribution in [2.75, 3.05) is 31.5 Å². The molecule has 0 aliphatic rings. The van der Waals surface area contributed by atoms with Gasteiger partial charge < -0.3 is 14.4 Å². The van der Waals surface area contributed by atoms with Crippen LogP contribution in [0.3, 0.4) is 0 Å². The number of pyridine rings is 1. The molecular weight excluding hydrogens is 453 g/mol. The van der Waals surface area contributed by atoms with E-state index in [1.807, 2.05) is 6.92 Å². The first-order valence-corrected chi connectivity index (χ1v) is 10.5. The molecule has 0 spiro atoms. The number of ether oxygens (including phenoxy) is 2. The Morgan fingerprint density at radius 2 is 1.86 bits per heavy atom. The Kier molecular flexibility index (Phi) is 6.54. The third-order valence-corrected chi connectivity index (χ3v) is 5.50. The van der Waals surface area contributed by atoms with Crippen molar-refractivity contribution in [3.63, 3.8) is 0 Å². The zero-order valence-electron chi connectivity index (χ0n) is 19.5. The van der Waals surface area contributed by atoms with Crippen molar-refractivity contribution in [1.82, 2.24) is 15.2 Å². The topological polar surface area (TPSA) is 107 Å². The fourth-order valence-corrected chi connectivity index (χ4v) is 3.64. The number of fused-ring (bicyclic) bond motifs is 1. The number of nitrogens with zero attached hydrogens (tertiary/aromatic N) is 4. The number of methoxy groups -OCH3 is 2. The van der Waals surface area contributed by atoms with Crippen LogP contribution >= 0.6 is 0 Å². The van der Waals surface area contributed by atoms with Gasteiger partial charge in [-0.05, 0) is 48.9 Å². The fraction of sp³-hybridized carbons (Fsp3) is 0.160. The number of hydrogen-bond acceptors (Lipinski definition) is 7. The van der Waals surface area contributed by atoms with Crippen LogP contribution in [0.1, 0.15) is 15.9 Å². The maximum Gasteiger partial charge on any atom is 0.412 e. The normalized spacial score (nSPS) is 10.7. The predicted molar refractivity (Wildman–Crippen MR) is 129 cm³/mol. The van der Waals surface area contributed by atoms with Crippen LogP contribution in [-0.4, -0.2) is 48.4 Å². The molecule has 0 unspecified atom stereocenters. The number of rotatable bonds is 5. The van der Waals surface area contributed by atoms with Gasteiger partial charge in [0.2, 0.25) is 0 Å². The number of carbonyl (C=O) groups is 2. The molecule has 4 aromatic rings. The number of hydrogen-bond donors (Lipinski definition) is 1. The third kappa shape index (κ3) is 4.72. The highest BCUT2D eigenvalue weighted by Gasteiger charge is 2.19. The molecule has 178 valence electrons. The lowest BCUT2D eigenvalue weighted by Crippen LogP contribution is -2.26. The van der Waals surface area contributed by atoms with Crippen molar-refractivity contribution in [2.24, 2.45) is 0 Å². The summed E-state index contributed by atoms with van der Waals surface area (Å²) in [4.78, 5) is 30.4. The van der Waals surface area contributed by atoms with Gasteiger partial charge in [0.15, 0.2) is 11.6 Å². The van der Waals surface area contributed by atoms with Gasteiger partial charge in [0.25, 0.3) is 5.91 Å². The van der Waals surface area contributed by atoms with Crippen molar-refractivity contribution < 1.29 is 23.5 Å². The zero-order chi connectivity index (χ0) is 25.1. The highest BCUT2D eigenvalue weighted by atomic mass is 19.1. The first-order valence-electron chi connectivity index (χ1n) is 10.5. The quantitative estimate of drug-likeness (QED) is 0.449. The minimum Gasteiger partial charge on any atom is -0.494 e. The van der Waals surface area contributed by atoms with E-state index in [-0.39, 0.29) is 11.7 Å². The molecule has 2 heterocycles. The van der Waals surface area contributed by atoms with E-state index in [0.29, 0.717) is 28.0 Å². The number of anilines is 2. The van der Waals surface area contributed by atoms with Crippen molar-refractivity contribution in [3.8, 4) is 16.9 Å². The van der Waals surface area contributed by atoms with Crippen LogP contribution in [0, 0.1) is 12.7 Å². The lowest BCUT2D eigenvalue weighted by Gasteiger charge is -2.19. The minimum absolute atomic E-state index is 0.0482. The molecule has 9 nitrogen and oxygen atoms in total. The Hall–Kier alpha value is -4.60. The van der Waals surface area contributed by atoms with E-state index < -0.39 is 11.9 Å². The van der Waals surface area contributed by atoms with Gasteiger partial charge in [0, 0.05) is 47.1 Å². The summed E-state index contributed by atoms with van der Waals surface area (Å²) in [7, 11) is 4.24. The molecule has 35 heavy (non-hydrogen) atoms. The number of amides is 2. The van der Waals surface area contributed by atoms with E-state index in [9.17, 15) is 14.0 Å². The second-order valence-corrected chi connectivity index (χ2v) is 7.68. The summed E-state index contributed by atoms with van der Waals surface area (Å²) in [5, 5.41) is 11.6. The van der Waals surface area contributed by atoms with Gasteiger partial charge in [-0.25, -0.2) is 14.2 Å². The molecule has 0 saturated heterocycles. The Labute approximate surface area is 200 Å². The minimum atomic E-state index is -0.622. The van der Waals surface area contributed by atoms with Crippen molar-refractivity contribution in [2.45, 2.75) is 6.92 Å². The zero-order valence-corrected chi connectivity index (χ0v) is 19.5. The summed E-state index contributed by atoms with van der Waals surface area (Å²) in [6.45, 7) is 1.85. The molecule has 4 rings (SSSR count). The van der Waals surface area contributed by atoms with E-state index in [4.69, 9.17) is 4.74 Å². The van der Waals surface area contributed by atoms with Crippen LogP contribution < -0.4 is 15.0 Å². The van der Waals surface area contributed by atoms with E-state index in [1.165, 1.54) is 37.3 Å². The molecular formula is C25H22FN5O4. The molecule has 2 aromatic carbocycles. The van der Waals surface area contributed by atoms with Gasteiger partial charge in [-0.2, -0.15) is 10.2 Å². The average Bonchev–Trinajstić information content (AvgIpc) is 2.88. The van der Waals surface area contributed by atoms with E-state index in [2.05, 4.69) is 25.2 Å². The molecule has 0 saturated carbocycles. The largest absolute Gasteiger partial charge is 0.494 e. The number of carbonyl (C=O) groups excluding carboxylic acids is 2. The van der Waals surface area contributed by atoms with Gasteiger partial charge >= 0.3 is 6.09 Å². The van der Waals surface area contributed by atoms with Crippen LogP contribution in [0.4, 0.5) is 20.7 Å². The molecule has 0 fully saturated rings. The smallest absolute Gasteiger partial charge is 0.412 e. The maximum absolute atomic E-state index is 13.8. The molecule has 0 radical (unpaired) electrons. The Bertz CT molecular complexity index is 1430. The summed E-state index contributed by atoms with van der Waals surface area (Å²) in [5.41, 5.74) is 3.75. The number of halogens is 1. The molecule has 2 aromatic heterocycles. The summed E-state index contributed by atoms with van der Waals surface area (Å²) in [6, 6.07) is 11.1. The first kappa shape index (κ1) is 23.6. The molecule has 0 bridgehead atoms. The molecule has 0 aliphatic carbocycles. The summed E-state index contributed by atoms with van der Waals surface area (Å²) < 4.78 is 23.4. The number of aromatic nitrogens is 3. The van der Waals surface area contributed by atoms with Gasteiger partial charge in [0.05, 0.1) is 25.9 Å². The Morgan fingerprint density at radius 3 is 2.54 bits per heavy atom. The lowest BCUT2D eigenvalue weighted by atomic mass is 9.99. The van der Waals surface area contributed by atoms with Crippen LogP contribution in [0.2, 0.25) is 0 Å². The number of nitrogens with one attached hydrogen (secondary N) is 1. The molecule has 1 N–H and O–H groups in total. The highest BCUT2D eigenvalue weighted by molar-refractivity contribution is 6.09. The summed E-state index contributed by atoms with van der Waals surface area (Å²) in [6.07, 6.45) is 2.56. The maximum atomic E-state index is 13.8. The van der Waals surface area contributed by atoms with Gasteiger partial charge in [-0.1, -0.05) is 0 Å². The first-order chi connectivity index (χ1) is 16.8. The predicted octanol–water partition coefficient (Wildman–Crippen LogP) is 4.60. The lowest BCUT2D eigenvalue weighted by molar-refractivity contribution is 0.0993. The van der Waals surface area contributed by atoms with E-state index >= 15 is 0 Å². The fourth-order valence-electron chi connectivity index (χ4n) is 3.64. The second kappa shape index (κ2) is 9.72. The number of aryl methyl sites for hydroxylation is 1.